The minimum absolute atomic E-state index is 0.153. The zero-order chi connectivity index (χ0) is 24.3. The molecule has 1 aliphatic rings. The molecule has 34 heavy (non-hydrogen) atoms. The first-order valence-electron chi connectivity index (χ1n) is 10.7. The smallest absolute Gasteiger partial charge is 0.316 e. The van der Waals surface area contributed by atoms with Crippen LogP contribution in [0.1, 0.15) is 29.7 Å². The Labute approximate surface area is 194 Å². The number of carbonyl (C=O) groups excluding carboxylic acids is 2. The van der Waals surface area contributed by atoms with Gasteiger partial charge in [0, 0.05) is 5.56 Å². The van der Waals surface area contributed by atoms with Crippen LogP contribution < -0.4 is 5.32 Å². The number of carbonyl (C=O) groups is 2. The highest BCUT2D eigenvalue weighted by Crippen LogP contribution is 2.41. The maximum absolute atomic E-state index is 14.5. The molecule has 2 amide bonds. The second-order valence-electron chi connectivity index (χ2n) is 7.98. The van der Waals surface area contributed by atoms with E-state index in [0.29, 0.717) is 16.7 Å². The Bertz CT molecular complexity index is 1200. The summed E-state index contributed by atoms with van der Waals surface area (Å²) < 4.78 is 43.6. The first-order valence-corrected chi connectivity index (χ1v) is 10.7. The first-order chi connectivity index (χ1) is 16.2. The SMILES string of the molecule is CC(c1ccccc1)N1C(=O)C(NC(=O)Cc2ccccc2)(C(F)(F)F)N=C1c1ccccc1. The number of amidine groups is 1. The van der Waals surface area contributed by atoms with Crippen molar-refractivity contribution >= 4 is 17.6 Å². The van der Waals surface area contributed by atoms with Gasteiger partial charge in [0.15, 0.2) is 0 Å². The number of nitrogens with one attached hydrogen (secondary N) is 1. The Morgan fingerprint density at radius 3 is 2.03 bits per heavy atom. The number of hydrogen-bond donors (Lipinski definition) is 1. The molecule has 0 aliphatic carbocycles. The van der Waals surface area contributed by atoms with Crippen molar-refractivity contribution in [1.82, 2.24) is 10.2 Å². The fraction of sp³-hybridized carbons (Fsp3) is 0.192. The summed E-state index contributed by atoms with van der Waals surface area (Å²) in [4.78, 5) is 31.1. The number of alkyl halides is 3. The van der Waals surface area contributed by atoms with E-state index in [1.165, 1.54) is 0 Å². The Morgan fingerprint density at radius 1 is 0.941 bits per heavy atom. The van der Waals surface area contributed by atoms with Crippen LogP contribution in [-0.4, -0.2) is 34.4 Å². The van der Waals surface area contributed by atoms with E-state index in [0.717, 1.165) is 4.90 Å². The van der Waals surface area contributed by atoms with E-state index in [9.17, 15) is 22.8 Å². The second kappa shape index (κ2) is 9.13. The van der Waals surface area contributed by atoms with Crippen LogP contribution in [-0.2, 0) is 16.0 Å². The quantitative estimate of drug-likeness (QED) is 0.576. The highest BCUT2D eigenvalue weighted by atomic mass is 19.4. The Balaban J connectivity index is 1.78. The van der Waals surface area contributed by atoms with Crippen LogP contribution in [0.15, 0.2) is 96.0 Å². The van der Waals surface area contributed by atoms with Gasteiger partial charge in [-0.1, -0.05) is 91.0 Å². The van der Waals surface area contributed by atoms with Crippen LogP contribution in [0, 0.1) is 0 Å². The van der Waals surface area contributed by atoms with Crippen molar-refractivity contribution in [3.8, 4) is 0 Å². The lowest BCUT2D eigenvalue weighted by molar-refractivity contribution is -0.200. The molecule has 2 atom stereocenters. The number of hydrogen-bond acceptors (Lipinski definition) is 3. The minimum atomic E-state index is -5.17. The Kier molecular flexibility index (Phi) is 6.24. The molecule has 8 heteroatoms. The molecule has 0 saturated carbocycles. The first kappa shape index (κ1) is 23.2. The minimum Gasteiger partial charge on any atom is -0.316 e. The predicted octanol–water partition coefficient (Wildman–Crippen LogP) is 4.65. The normalized spacial score (nSPS) is 19.0. The molecule has 1 N–H and O–H groups in total. The standard InChI is InChI=1S/C26H22F3N3O2/c1-18(20-13-7-3-8-14-20)32-23(21-15-9-4-10-16-21)31-25(24(32)34,26(27,28)29)30-22(33)17-19-11-5-2-6-12-19/h2-16,18H,17H2,1H3,(H,30,33). The Hall–Kier alpha value is -3.94. The molecule has 0 spiro atoms. The van der Waals surface area contributed by atoms with Crippen molar-refractivity contribution in [1.29, 1.82) is 0 Å². The zero-order valence-electron chi connectivity index (χ0n) is 18.3. The van der Waals surface area contributed by atoms with Crippen LogP contribution in [0.5, 0.6) is 0 Å². The highest BCUT2D eigenvalue weighted by Gasteiger charge is 2.67. The number of rotatable bonds is 6. The molecule has 5 nitrogen and oxygen atoms in total. The van der Waals surface area contributed by atoms with Gasteiger partial charge in [-0.05, 0) is 18.1 Å². The van der Waals surface area contributed by atoms with E-state index < -0.39 is 29.7 Å². The molecule has 0 radical (unpaired) electrons. The van der Waals surface area contributed by atoms with Gasteiger partial charge in [0.1, 0.15) is 5.84 Å². The fourth-order valence-corrected chi connectivity index (χ4v) is 3.93. The predicted molar refractivity (Wildman–Crippen MR) is 122 cm³/mol. The molecule has 3 aromatic rings. The van der Waals surface area contributed by atoms with Gasteiger partial charge in [0.05, 0.1) is 12.5 Å². The monoisotopic (exact) mass is 465 g/mol. The van der Waals surface area contributed by atoms with Crippen molar-refractivity contribution < 1.29 is 22.8 Å². The molecule has 4 rings (SSSR count). The van der Waals surface area contributed by atoms with Crippen LogP contribution >= 0.6 is 0 Å². The van der Waals surface area contributed by atoms with Gasteiger partial charge in [-0.15, -0.1) is 0 Å². The largest absolute Gasteiger partial charge is 0.442 e. The highest BCUT2D eigenvalue weighted by molar-refractivity contribution is 6.16. The van der Waals surface area contributed by atoms with Gasteiger partial charge in [0.2, 0.25) is 5.91 Å². The lowest BCUT2D eigenvalue weighted by Gasteiger charge is -2.31. The third-order valence-electron chi connectivity index (χ3n) is 5.67. The summed E-state index contributed by atoms with van der Waals surface area (Å²) in [7, 11) is 0. The topological polar surface area (TPSA) is 61.8 Å². The summed E-state index contributed by atoms with van der Waals surface area (Å²) in [6, 6.07) is 24.4. The second-order valence-corrected chi connectivity index (χ2v) is 7.98. The van der Waals surface area contributed by atoms with Crippen molar-refractivity contribution in [2.75, 3.05) is 0 Å². The van der Waals surface area contributed by atoms with E-state index in [1.54, 1.807) is 97.9 Å². The molecular weight excluding hydrogens is 443 g/mol. The van der Waals surface area contributed by atoms with Crippen LogP contribution in [0.25, 0.3) is 0 Å². The van der Waals surface area contributed by atoms with Crippen molar-refractivity contribution in [2.24, 2.45) is 4.99 Å². The summed E-state index contributed by atoms with van der Waals surface area (Å²) in [6.07, 6.45) is -5.49. The average Bonchev–Trinajstić information content (AvgIpc) is 3.13. The number of nitrogens with zero attached hydrogens (tertiary/aromatic N) is 2. The third kappa shape index (κ3) is 4.31. The number of benzene rings is 3. The van der Waals surface area contributed by atoms with Crippen LogP contribution in [0.2, 0.25) is 0 Å². The van der Waals surface area contributed by atoms with Crippen LogP contribution in [0.4, 0.5) is 13.2 Å². The maximum Gasteiger partial charge on any atom is 0.442 e. The summed E-state index contributed by atoms with van der Waals surface area (Å²) in [6.45, 7) is 1.63. The van der Waals surface area contributed by atoms with Gasteiger partial charge >= 0.3 is 11.8 Å². The molecule has 0 bridgehead atoms. The van der Waals surface area contributed by atoms with E-state index >= 15 is 0 Å². The maximum atomic E-state index is 14.5. The number of amides is 2. The van der Waals surface area contributed by atoms with E-state index in [-0.39, 0.29) is 12.3 Å². The van der Waals surface area contributed by atoms with Gasteiger partial charge in [0.25, 0.3) is 5.91 Å². The van der Waals surface area contributed by atoms with Gasteiger partial charge in [-0.2, -0.15) is 13.2 Å². The molecule has 0 aromatic heterocycles. The van der Waals surface area contributed by atoms with Gasteiger partial charge in [-0.25, -0.2) is 4.99 Å². The number of aliphatic imine (C=N–C) groups is 1. The molecule has 0 fully saturated rings. The molecular formula is C26H22F3N3O2. The van der Waals surface area contributed by atoms with Crippen molar-refractivity contribution in [3.05, 3.63) is 108 Å². The van der Waals surface area contributed by atoms with Gasteiger partial charge in [-0.3, -0.25) is 14.5 Å². The Morgan fingerprint density at radius 2 is 1.47 bits per heavy atom. The van der Waals surface area contributed by atoms with E-state index in [4.69, 9.17) is 0 Å². The molecule has 1 heterocycles. The van der Waals surface area contributed by atoms with Crippen molar-refractivity contribution in [2.45, 2.75) is 31.2 Å². The van der Waals surface area contributed by atoms with Crippen LogP contribution in [0.3, 0.4) is 0 Å². The van der Waals surface area contributed by atoms with E-state index in [2.05, 4.69) is 4.99 Å². The lowest BCUT2D eigenvalue weighted by atomic mass is 10.0. The summed E-state index contributed by atoms with van der Waals surface area (Å²) in [5, 5.41) is 1.92. The summed E-state index contributed by atoms with van der Waals surface area (Å²) >= 11 is 0. The summed E-state index contributed by atoms with van der Waals surface area (Å²) in [5.41, 5.74) is -1.94. The van der Waals surface area contributed by atoms with Gasteiger partial charge < -0.3 is 5.32 Å². The molecule has 1 aliphatic heterocycles. The lowest BCUT2D eigenvalue weighted by Crippen LogP contribution is -2.63. The fourth-order valence-electron chi connectivity index (χ4n) is 3.93. The number of halogens is 3. The van der Waals surface area contributed by atoms with Crippen molar-refractivity contribution in [3.63, 3.8) is 0 Å². The average molecular weight is 465 g/mol. The molecule has 3 aromatic carbocycles. The van der Waals surface area contributed by atoms with E-state index in [1.807, 2.05) is 5.32 Å². The molecule has 174 valence electrons. The molecule has 2 unspecified atom stereocenters. The summed E-state index contributed by atoms with van der Waals surface area (Å²) in [5.74, 6) is -2.46. The molecule has 0 saturated heterocycles. The zero-order valence-corrected chi connectivity index (χ0v) is 18.3. The third-order valence-corrected chi connectivity index (χ3v) is 5.67.